The van der Waals surface area contributed by atoms with Crippen molar-refractivity contribution in [2.75, 3.05) is 244 Å². The van der Waals surface area contributed by atoms with Crippen molar-refractivity contribution in [3.63, 3.8) is 0 Å². The highest BCUT2D eigenvalue weighted by Crippen LogP contribution is 2.06. The summed E-state index contributed by atoms with van der Waals surface area (Å²) in [5.74, 6) is 2.40. The molecule has 21 nitrogen and oxygen atoms in total. The monoisotopic (exact) mass is 948 g/mol. The molecule has 0 aromatic heterocycles. The molecule has 0 spiro atoms. The van der Waals surface area contributed by atoms with Gasteiger partial charge in [0.2, 0.25) is 0 Å². The molecule has 0 aromatic carbocycles. The second-order valence-electron chi connectivity index (χ2n) is 14.1. The third-order valence-electron chi connectivity index (χ3n) is 7.42. The quantitative estimate of drug-likeness (QED) is 0.0677. The summed E-state index contributed by atoms with van der Waals surface area (Å²) in [7, 11) is 0. The summed E-state index contributed by atoms with van der Waals surface area (Å²) < 4.78 is 103. The minimum absolute atomic E-state index is 0.301. The summed E-state index contributed by atoms with van der Waals surface area (Å²) in [4.78, 5) is 11.5. The maximum atomic E-state index is 11.5. The van der Waals surface area contributed by atoms with Gasteiger partial charge in [0.15, 0.2) is 0 Å². The first-order valence-corrected chi connectivity index (χ1v) is 22.8. The topological polar surface area (TPSA) is 204 Å². The van der Waals surface area contributed by atoms with E-state index in [9.17, 15) is 4.79 Å². The van der Waals surface area contributed by atoms with E-state index in [2.05, 4.69) is 11.2 Å². The number of rotatable bonds is 55. The van der Waals surface area contributed by atoms with Gasteiger partial charge in [0, 0.05) is 6.54 Å². The highest BCUT2D eigenvalue weighted by molar-refractivity contribution is 5.67. The fourth-order valence-electron chi connectivity index (χ4n) is 4.41. The second-order valence-corrected chi connectivity index (χ2v) is 14.1. The van der Waals surface area contributed by atoms with Crippen LogP contribution in [0.1, 0.15) is 20.8 Å². The van der Waals surface area contributed by atoms with Crippen molar-refractivity contribution in [3.8, 4) is 12.3 Å². The van der Waals surface area contributed by atoms with Crippen molar-refractivity contribution in [2.45, 2.75) is 26.4 Å². The lowest BCUT2D eigenvalue weighted by Crippen LogP contribution is -2.34. The molecule has 0 aliphatic rings. The van der Waals surface area contributed by atoms with E-state index in [0.717, 1.165) is 0 Å². The first-order chi connectivity index (χ1) is 32.0. The molecule has 0 saturated carbocycles. The van der Waals surface area contributed by atoms with Crippen molar-refractivity contribution in [2.24, 2.45) is 0 Å². The van der Waals surface area contributed by atoms with Crippen molar-refractivity contribution < 1.29 is 94.8 Å². The predicted molar refractivity (Wildman–Crippen MR) is 238 cm³/mol. The first kappa shape index (κ1) is 63.1. The van der Waals surface area contributed by atoms with Crippen LogP contribution in [0.2, 0.25) is 0 Å². The SMILES string of the molecule is C#CCOCCOCCOCCOCCOCCOCCOCCOCCOCCOCCOCCOCCOCCOCCOCCOCCOCCOCCNC(=O)OC(C)(C)C. The van der Waals surface area contributed by atoms with E-state index in [0.29, 0.717) is 244 Å². The molecular formula is C44H85NO20. The number of alkyl carbamates (subject to hydrolysis) is 1. The van der Waals surface area contributed by atoms with Gasteiger partial charge >= 0.3 is 6.09 Å². The molecular weight excluding hydrogens is 862 g/mol. The van der Waals surface area contributed by atoms with Crippen LogP contribution >= 0.6 is 0 Å². The Morgan fingerprint density at radius 3 is 0.662 bits per heavy atom. The largest absolute Gasteiger partial charge is 0.444 e. The second kappa shape index (κ2) is 54.7. The molecule has 0 aliphatic heterocycles. The Kier molecular flexibility index (Phi) is 53.1. The molecule has 0 saturated heterocycles. The number of carbonyl (C=O) groups is 1. The molecule has 0 bridgehead atoms. The highest BCUT2D eigenvalue weighted by Gasteiger charge is 2.15. The summed E-state index contributed by atoms with van der Waals surface area (Å²) in [6.45, 7) is 23.0. The van der Waals surface area contributed by atoms with Gasteiger partial charge in [-0.2, -0.15) is 0 Å². The lowest BCUT2D eigenvalue weighted by molar-refractivity contribution is -0.0309. The summed E-state index contributed by atoms with van der Waals surface area (Å²) in [5, 5.41) is 2.63. The van der Waals surface area contributed by atoms with E-state index in [1.807, 2.05) is 20.8 Å². The van der Waals surface area contributed by atoms with Crippen LogP contribution in [0.3, 0.4) is 0 Å². The number of carbonyl (C=O) groups excluding carboxylic acids is 1. The fraction of sp³-hybridized carbons (Fsp3) is 0.932. The van der Waals surface area contributed by atoms with Crippen molar-refractivity contribution in [1.29, 1.82) is 0 Å². The summed E-state index contributed by atoms with van der Waals surface area (Å²) in [6.07, 6.45) is 4.63. The molecule has 1 N–H and O–H groups in total. The third-order valence-corrected chi connectivity index (χ3v) is 7.42. The van der Waals surface area contributed by atoms with Gasteiger partial charge < -0.3 is 95.3 Å². The molecule has 0 atom stereocenters. The number of hydrogen-bond acceptors (Lipinski definition) is 20. The Labute approximate surface area is 388 Å². The summed E-state index contributed by atoms with van der Waals surface area (Å²) in [6, 6.07) is 0. The number of amides is 1. The first-order valence-electron chi connectivity index (χ1n) is 22.8. The van der Waals surface area contributed by atoms with Gasteiger partial charge in [-0.3, -0.25) is 0 Å². The van der Waals surface area contributed by atoms with Gasteiger partial charge in [-0.1, -0.05) is 5.92 Å². The number of terminal acetylenes is 1. The molecule has 0 aromatic rings. The molecule has 65 heavy (non-hydrogen) atoms. The zero-order valence-corrected chi connectivity index (χ0v) is 39.9. The molecule has 1 amide bonds. The van der Waals surface area contributed by atoms with Crippen molar-refractivity contribution in [3.05, 3.63) is 0 Å². The van der Waals surface area contributed by atoms with E-state index in [1.54, 1.807) is 0 Å². The van der Waals surface area contributed by atoms with Crippen LogP contribution in [-0.4, -0.2) is 256 Å². The number of nitrogens with one attached hydrogen (secondary N) is 1. The van der Waals surface area contributed by atoms with Crippen molar-refractivity contribution >= 4 is 6.09 Å². The van der Waals surface area contributed by atoms with Gasteiger partial charge in [0.25, 0.3) is 0 Å². The van der Waals surface area contributed by atoms with E-state index >= 15 is 0 Å². The molecule has 0 fully saturated rings. The molecule has 386 valence electrons. The number of ether oxygens (including phenoxy) is 19. The molecule has 0 radical (unpaired) electrons. The Morgan fingerprint density at radius 1 is 0.323 bits per heavy atom. The molecule has 0 aliphatic carbocycles. The zero-order valence-electron chi connectivity index (χ0n) is 39.9. The van der Waals surface area contributed by atoms with E-state index < -0.39 is 11.7 Å². The maximum absolute atomic E-state index is 11.5. The van der Waals surface area contributed by atoms with Crippen LogP contribution < -0.4 is 5.32 Å². The Hall–Kier alpha value is -1.89. The van der Waals surface area contributed by atoms with Crippen LogP contribution in [0.5, 0.6) is 0 Å². The fourth-order valence-corrected chi connectivity index (χ4v) is 4.41. The third kappa shape index (κ3) is 60.1. The molecule has 0 unspecified atom stereocenters. The summed E-state index contributed by atoms with van der Waals surface area (Å²) in [5.41, 5.74) is -0.518. The van der Waals surface area contributed by atoms with Gasteiger partial charge in [0.1, 0.15) is 12.2 Å². The Bertz CT molecular complexity index is 976. The molecule has 0 rings (SSSR count). The van der Waals surface area contributed by atoms with Crippen molar-refractivity contribution in [1.82, 2.24) is 5.32 Å². The average molecular weight is 948 g/mol. The predicted octanol–water partition coefficient (Wildman–Crippen LogP) is 1.44. The average Bonchev–Trinajstić information content (AvgIpc) is 3.28. The van der Waals surface area contributed by atoms with Crippen LogP contribution in [0.25, 0.3) is 0 Å². The smallest absolute Gasteiger partial charge is 0.407 e. The molecule has 21 heteroatoms. The molecule has 0 heterocycles. The van der Waals surface area contributed by atoms with Gasteiger partial charge in [-0.05, 0) is 20.8 Å². The van der Waals surface area contributed by atoms with E-state index in [4.69, 9.17) is 96.4 Å². The highest BCUT2D eigenvalue weighted by atomic mass is 16.6. The zero-order chi connectivity index (χ0) is 47.1. The number of hydrogen-bond donors (Lipinski definition) is 1. The van der Waals surface area contributed by atoms with E-state index in [1.165, 1.54) is 0 Å². The standard InChI is InChI=1S/C44H85NO20/c1-5-7-47-9-11-49-13-15-51-17-19-53-21-23-55-25-27-57-29-31-59-33-35-61-37-39-63-41-42-64-40-38-62-36-34-60-32-30-58-28-26-56-24-22-54-20-18-52-16-14-50-12-10-48-8-6-45-43(46)65-44(2,3)4/h1H,6-42H2,2-4H3,(H,45,46). The van der Waals surface area contributed by atoms with Gasteiger partial charge in [0.05, 0.1) is 231 Å². The van der Waals surface area contributed by atoms with Crippen LogP contribution in [0.4, 0.5) is 4.79 Å². The minimum atomic E-state index is -0.518. The normalized spacial score (nSPS) is 11.7. The lowest BCUT2D eigenvalue weighted by atomic mass is 10.2. The van der Waals surface area contributed by atoms with Gasteiger partial charge in [-0.15, -0.1) is 6.42 Å². The van der Waals surface area contributed by atoms with Crippen LogP contribution in [0, 0.1) is 12.3 Å². The Morgan fingerprint density at radius 2 is 0.492 bits per heavy atom. The minimum Gasteiger partial charge on any atom is -0.444 e. The Balaban J connectivity index is 3.09. The maximum Gasteiger partial charge on any atom is 0.407 e. The summed E-state index contributed by atoms with van der Waals surface area (Å²) >= 11 is 0. The lowest BCUT2D eigenvalue weighted by Gasteiger charge is -2.19. The van der Waals surface area contributed by atoms with Crippen LogP contribution in [0.15, 0.2) is 0 Å². The van der Waals surface area contributed by atoms with E-state index in [-0.39, 0.29) is 0 Å². The van der Waals surface area contributed by atoms with Crippen LogP contribution in [-0.2, 0) is 90.0 Å². The van der Waals surface area contributed by atoms with Gasteiger partial charge in [-0.25, -0.2) is 4.79 Å².